The average molecular weight is 547 g/mol. The summed E-state index contributed by atoms with van der Waals surface area (Å²) in [6.07, 6.45) is 2.10. The molecular formula is C30H34N4O6. The Hall–Kier alpha value is -4.47. The van der Waals surface area contributed by atoms with E-state index in [1.165, 1.54) is 18.1 Å². The first-order valence-electron chi connectivity index (χ1n) is 13.1. The van der Waals surface area contributed by atoms with Gasteiger partial charge >= 0.3 is 17.7 Å². The zero-order valence-electron chi connectivity index (χ0n) is 23.4. The lowest BCUT2D eigenvalue weighted by Crippen LogP contribution is -2.52. The number of aromatic nitrogens is 1. The molecule has 210 valence electrons. The standard InChI is InChI=1S/C30H34N4O6/c1-29(2,3)40-28(36)32-30(16-9-17-30)22-14-12-21(13-15-22)26-23(20-10-7-6-8-11-20)18-24(34(37)38)27(31-26)33(4)19-25(35)39-5/h6-8,10-15,18H,9,16-17,19H2,1-5H3,(H,32,36). The minimum absolute atomic E-state index is 0.0520. The average Bonchev–Trinajstić information content (AvgIpc) is 2.89. The summed E-state index contributed by atoms with van der Waals surface area (Å²) in [6, 6.07) is 18.5. The molecule has 10 heteroatoms. The van der Waals surface area contributed by atoms with Gasteiger partial charge in [-0.15, -0.1) is 0 Å². The molecule has 1 N–H and O–H groups in total. The summed E-state index contributed by atoms with van der Waals surface area (Å²) in [5.41, 5.74) is 2.21. The molecule has 0 spiro atoms. The number of nitro groups is 1. The second kappa shape index (κ2) is 11.3. The number of likely N-dealkylation sites (N-methyl/N-ethyl adjacent to an activating group) is 1. The predicted molar refractivity (Wildman–Crippen MR) is 152 cm³/mol. The monoisotopic (exact) mass is 546 g/mol. The number of esters is 1. The van der Waals surface area contributed by atoms with Crippen molar-refractivity contribution in [3.63, 3.8) is 0 Å². The fraction of sp³-hybridized carbons (Fsp3) is 0.367. The molecule has 3 aromatic rings. The summed E-state index contributed by atoms with van der Waals surface area (Å²) in [5.74, 6) is -0.490. The summed E-state index contributed by atoms with van der Waals surface area (Å²) in [5, 5.41) is 15.1. The van der Waals surface area contributed by atoms with Gasteiger partial charge in [-0.1, -0.05) is 54.6 Å². The highest BCUT2D eigenvalue weighted by molar-refractivity contribution is 5.86. The van der Waals surface area contributed by atoms with Gasteiger partial charge in [-0.05, 0) is 51.2 Å². The number of carbonyl (C=O) groups excluding carboxylic acids is 2. The molecule has 0 atom stereocenters. The van der Waals surface area contributed by atoms with Crippen molar-refractivity contribution < 1.29 is 24.0 Å². The maximum atomic E-state index is 12.6. The molecule has 10 nitrogen and oxygen atoms in total. The molecule has 0 unspecified atom stereocenters. The number of hydrogen-bond acceptors (Lipinski definition) is 8. The first-order chi connectivity index (χ1) is 18.9. The van der Waals surface area contributed by atoms with Crippen LogP contribution in [0, 0.1) is 10.1 Å². The van der Waals surface area contributed by atoms with Gasteiger partial charge in [0.1, 0.15) is 12.1 Å². The van der Waals surface area contributed by atoms with Gasteiger partial charge < -0.3 is 19.7 Å². The van der Waals surface area contributed by atoms with Crippen LogP contribution in [0.5, 0.6) is 0 Å². The van der Waals surface area contributed by atoms with Crippen molar-refractivity contribution >= 4 is 23.6 Å². The van der Waals surface area contributed by atoms with Crippen LogP contribution >= 0.6 is 0 Å². The molecule has 0 bridgehead atoms. The zero-order valence-corrected chi connectivity index (χ0v) is 23.4. The Morgan fingerprint density at radius 2 is 1.73 bits per heavy atom. The number of nitrogens with one attached hydrogen (secondary N) is 1. The number of rotatable bonds is 8. The van der Waals surface area contributed by atoms with Crippen molar-refractivity contribution in [2.24, 2.45) is 0 Å². The largest absolute Gasteiger partial charge is 0.468 e. The number of alkyl carbamates (subject to hydrolysis) is 1. The minimum Gasteiger partial charge on any atom is -0.468 e. The molecule has 1 amide bonds. The van der Waals surface area contributed by atoms with E-state index in [0.717, 1.165) is 36.0 Å². The number of anilines is 1. The number of nitrogens with zero attached hydrogens (tertiary/aromatic N) is 3. The molecular weight excluding hydrogens is 512 g/mol. The maximum Gasteiger partial charge on any atom is 0.408 e. The number of amides is 1. The maximum absolute atomic E-state index is 12.6. The molecule has 1 heterocycles. The number of methoxy groups -OCH3 is 1. The van der Waals surface area contributed by atoms with E-state index in [-0.39, 0.29) is 18.1 Å². The van der Waals surface area contributed by atoms with Crippen molar-refractivity contribution in [2.45, 2.75) is 51.2 Å². The highest BCUT2D eigenvalue weighted by atomic mass is 16.6. The van der Waals surface area contributed by atoms with Gasteiger partial charge in [-0.25, -0.2) is 9.78 Å². The zero-order chi connectivity index (χ0) is 29.1. The molecule has 1 aliphatic carbocycles. The summed E-state index contributed by atoms with van der Waals surface area (Å²) in [4.78, 5) is 42.2. The van der Waals surface area contributed by atoms with E-state index in [1.807, 2.05) is 75.4 Å². The topological polar surface area (TPSA) is 124 Å². The Kier molecular flexibility index (Phi) is 8.08. The number of benzene rings is 2. The van der Waals surface area contributed by atoms with E-state index >= 15 is 0 Å². The van der Waals surface area contributed by atoms with E-state index in [4.69, 9.17) is 14.5 Å². The van der Waals surface area contributed by atoms with E-state index < -0.39 is 28.1 Å². The summed E-state index contributed by atoms with van der Waals surface area (Å²) in [7, 11) is 2.82. The van der Waals surface area contributed by atoms with Crippen LogP contribution < -0.4 is 10.2 Å². The van der Waals surface area contributed by atoms with Gasteiger partial charge in [-0.2, -0.15) is 0 Å². The highest BCUT2D eigenvalue weighted by Crippen LogP contribution is 2.43. The van der Waals surface area contributed by atoms with Crippen molar-refractivity contribution in [1.29, 1.82) is 0 Å². The molecule has 0 saturated heterocycles. The van der Waals surface area contributed by atoms with E-state index in [1.54, 1.807) is 7.05 Å². The van der Waals surface area contributed by atoms with Crippen LogP contribution in [0.25, 0.3) is 22.4 Å². The molecule has 1 fully saturated rings. The Morgan fingerprint density at radius 3 is 2.25 bits per heavy atom. The quantitative estimate of drug-likeness (QED) is 0.212. The molecule has 1 saturated carbocycles. The van der Waals surface area contributed by atoms with E-state index in [9.17, 15) is 19.7 Å². The molecule has 0 aliphatic heterocycles. The van der Waals surface area contributed by atoms with Crippen LogP contribution in [0.1, 0.15) is 45.6 Å². The number of carbonyl (C=O) groups is 2. The molecule has 2 aromatic carbocycles. The van der Waals surface area contributed by atoms with Crippen LogP contribution in [0.4, 0.5) is 16.3 Å². The first kappa shape index (κ1) is 28.5. The van der Waals surface area contributed by atoms with Crippen molar-refractivity contribution in [3.05, 3.63) is 76.3 Å². The van der Waals surface area contributed by atoms with Crippen LogP contribution in [-0.2, 0) is 19.8 Å². The van der Waals surface area contributed by atoms with Gasteiger partial charge in [0.15, 0.2) is 0 Å². The lowest BCUT2D eigenvalue weighted by molar-refractivity contribution is -0.384. The Bertz CT molecular complexity index is 1400. The lowest BCUT2D eigenvalue weighted by atomic mass is 9.71. The molecule has 0 radical (unpaired) electrons. The number of hydrogen-bond donors (Lipinski definition) is 1. The van der Waals surface area contributed by atoms with Gasteiger partial charge in [0.2, 0.25) is 5.82 Å². The van der Waals surface area contributed by atoms with E-state index in [0.29, 0.717) is 11.3 Å². The molecule has 40 heavy (non-hydrogen) atoms. The van der Waals surface area contributed by atoms with E-state index in [2.05, 4.69) is 5.32 Å². The minimum atomic E-state index is -0.604. The highest BCUT2D eigenvalue weighted by Gasteiger charge is 2.41. The Morgan fingerprint density at radius 1 is 1.07 bits per heavy atom. The fourth-order valence-corrected chi connectivity index (χ4v) is 4.76. The predicted octanol–water partition coefficient (Wildman–Crippen LogP) is 5.84. The molecule has 1 aliphatic rings. The second-order valence-electron chi connectivity index (χ2n) is 10.9. The SMILES string of the molecule is COC(=O)CN(C)c1nc(-c2ccc(C3(NC(=O)OC(C)(C)C)CCC3)cc2)c(-c2ccccc2)cc1[N+](=O)[O-]. The summed E-state index contributed by atoms with van der Waals surface area (Å²) in [6.45, 7) is 5.28. The van der Waals surface area contributed by atoms with Crippen LogP contribution in [-0.4, -0.2) is 48.3 Å². The third kappa shape index (κ3) is 6.22. The smallest absolute Gasteiger partial charge is 0.408 e. The fourth-order valence-electron chi connectivity index (χ4n) is 4.76. The van der Waals surface area contributed by atoms with Crippen molar-refractivity contribution in [1.82, 2.24) is 10.3 Å². The van der Waals surface area contributed by atoms with Crippen molar-refractivity contribution in [3.8, 4) is 22.4 Å². The normalized spacial score (nSPS) is 14.0. The first-order valence-corrected chi connectivity index (χ1v) is 13.1. The van der Waals surface area contributed by atoms with Crippen LogP contribution in [0.2, 0.25) is 0 Å². The Balaban J connectivity index is 1.77. The van der Waals surface area contributed by atoms with Crippen LogP contribution in [0.3, 0.4) is 0 Å². The molecule has 1 aromatic heterocycles. The third-order valence-electron chi connectivity index (χ3n) is 6.88. The second-order valence-corrected chi connectivity index (χ2v) is 10.9. The summed E-state index contributed by atoms with van der Waals surface area (Å²) >= 11 is 0. The van der Waals surface area contributed by atoms with Gasteiger partial charge in [0, 0.05) is 24.2 Å². The third-order valence-corrected chi connectivity index (χ3v) is 6.88. The number of ether oxygens (including phenoxy) is 2. The van der Waals surface area contributed by atoms with Gasteiger partial charge in [0.25, 0.3) is 0 Å². The molecule has 4 rings (SSSR count). The number of pyridine rings is 1. The van der Waals surface area contributed by atoms with Gasteiger partial charge in [0.05, 0.1) is 23.3 Å². The Labute approximate surface area is 233 Å². The van der Waals surface area contributed by atoms with Crippen molar-refractivity contribution in [2.75, 3.05) is 25.6 Å². The lowest BCUT2D eigenvalue weighted by Gasteiger charge is -2.43. The van der Waals surface area contributed by atoms with Gasteiger partial charge in [-0.3, -0.25) is 14.9 Å². The summed E-state index contributed by atoms with van der Waals surface area (Å²) < 4.78 is 10.2. The van der Waals surface area contributed by atoms with Crippen LogP contribution in [0.15, 0.2) is 60.7 Å².